The zero-order valence-electron chi connectivity index (χ0n) is 13.6. The van der Waals surface area contributed by atoms with E-state index < -0.39 is 5.97 Å². The minimum Gasteiger partial charge on any atom is -0.494 e. The number of hydrogen-bond donors (Lipinski definition) is 2. The Balaban J connectivity index is 1.53. The first-order valence-corrected chi connectivity index (χ1v) is 8.03. The quantitative estimate of drug-likeness (QED) is 0.645. The third-order valence-electron chi connectivity index (χ3n) is 3.91. The minimum absolute atomic E-state index is 0.258. The molecule has 2 heterocycles. The molecule has 0 saturated carbocycles. The average molecular weight is 324 g/mol. The largest absolute Gasteiger partial charge is 0.494 e. The maximum Gasteiger partial charge on any atom is 0.337 e. The molecule has 0 aliphatic heterocycles. The number of nitrogens with zero attached hydrogens (tertiary/aromatic N) is 1. The number of carbonyl (C=O) groups is 1. The second-order valence-electron chi connectivity index (χ2n) is 5.84. The molecule has 3 rings (SSSR count). The van der Waals surface area contributed by atoms with E-state index in [-0.39, 0.29) is 5.56 Å². The van der Waals surface area contributed by atoms with Crippen molar-refractivity contribution >= 4 is 17.0 Å². The molecule has 3 aromatic rings. The number of aromatic nitrogens is 2. The number of nitrogens with one attached hydrogen (secondary N) is 1. The topological polar surface area (TPSA) is 75.2 Å². The molecule has 0 radical (unpaired) electrons. The van der Waals surface area contributed by atoms with Gasteiger partial charge in [-0.05, 0) is 56.0 Å². The van der Waals surface area contributed by atoms with Crippen molar-refractivity contribution in [3.63, 3.8) is 0 Å². The highest BCUT2D eigenvalue weighted by Crippen LogP contribution is 2.19. The second-order valence-corrected chi connectivity index (χ2v) is 5.84. The number of H-pyrrole nitrogens is 1. The molecular weight excluding hydrogens is 304 g/mol. The Labute approximate surface area is 140 Å². The molecule has 0 unspecified atom stereocenters. The number of hydrogen-bond acceptors (Lipinski definition) is 3. The first-order valence-electron chi connectivity index (χ1n) is 8.03. The summed E-state index contributed by atoms with van der Waals surface area (Å²) in [5.74, 6) is -0.0433. The molecule has 2 N–H and O–H groups in total. The summed E-state index contributed by atoms with van der Waals surface area (Å²) in [7, 11) is 0. The molecule has 0 spiro atoms. The fourth-order valence-electron chi connectivity index (χ4n) is 2.71. The van der Waals surface area contributed by atoms with Crippen molar-refractivity contribution in [3.05, 3.63) is 59.4 Å². The number of benzene rings is 1. The van der Waals surface area contributed by atoms with Gasteiger partial charge in [-0.25, -0.2) is 4.79 Å². The summed E-state index contributed by atoms with van der Waals surface area (Å²) in [4.78, 5) is 18.6. The Hall–Kier alpha value is -2.82. The average Bonchev–Trinajstić information content (AvgIpc) is 2.97. The van der Waals surface area contributed by atoms with Gasteiger partial charge in [0.15, 0.2) is 0 Å². The summed E-state index contributed by atoms with van der Waals surface area (Å²) in [5.41, 5.74) is 3.74. The SMILES string of the molecule is Cc1cccc(OCCCCc2cc3nccc(C(=O)O)c3[nH]2)c1. The van der Waals surface area contributed by atoms with E-state index in [1.165, 1.54) is 17.8 Å². The highest BCUT2D eigenvalue weighted by molar-refractivity contribution is 6.00. The van der Waals surface area contributed by atoms with E-state index in [4.69, 9.17) is 4.74 Å². The Morgan fingerprint density at radius 3 is 2.92 bits per heavy atom. The number of aryl methyl sites for hydroxylation is 2. The predicted octanol–water partition coefficient (Wildman–Crippen LogP) is 3.97. The predicted molar refractivity (Wildman–Crippen MR) is 92.7 cm³/mol. The second kappa shape index (κ2) is 7.17. The molecule has 0 fully saturated rings. The van der Waals surface area contributed by atoms with Crippen LogP contribution in [0.1, 0.15) is 34.5 Å². The molecule has 0 bridgehead atoms. The van der Waals surface area contributed by atoms with Crippen LogP contribution in [0.3, 0.4) is 0 Å². The third-order valence-corrected chi connectivity index (χ3v) is 3.91. The van der Waals surface area contributed by atoms with Crippen LogP contribution in [0, 0.1) is 6.92 Å². The van der Waals surface area contributed by atoms with Crippen molar-refractivity contribution in [2.75, 3.05) is 6.61 Å². The van der Waals surface area contributed by atoms with Crippen molar-refractivity contribution in [1.29, 1.82) is 0 Å². The third kappa shape index (κ3) is 3.74. The fraction of sp³-hybridized carbons (Fsp3) is 0.263. The molecule has 0 aliphatic rings. The summed E-state index contributed by atoms with van der Waals surface area (Å²) in [6.07, 6.45) is 4.26. The summed E-state index contributed by atoms with van der Waals surface area (Å²) >= 11 is 0. The number of aromatic amines is 1. The molecule has 0 aliphatic carbocycles. The first kappa shape index (κ1) is 16.1. The summed E-state index contributed by atoms with van der Waals surface area (Å²) in [6, 6.07) is 11.5. The van der Waals surface area contributed by atoms with Gasteiger partial charge in [-0.2, -0.15) is 0 Å². The lowest BCUT2D eigenvalue weighted by molar-refractivity contribution is 0.0698. The van der Waals surface area contributed by atoms with Crippen LogP contribution >= 0.6 is 0 Å². The van der Waals surface area contributed by atoms with Gasteiger partial charge >= 0.3 is 5.97 Å². The zero-order chi connectivity index (χ0) is 16.9. The molecule has 1 aromatic carbocycles. The Morgan fingerprint density at radius 1 is 1.25 bits per heavy atom. The van der Waals surface area contributed by atoms with Crippen molar-refractivity contribution in [3.8, 4) is 5.75 Å². The molecule has 0 amide bonds. The monoisotopic (exact) mass is 324 g/mol. The molecule has 0 saturated heterocycles. The number of unbranched alkanes of at least 4 members (excludes halogenated alkanes) is 1. The van der Waals surface area contributed by atoms with Crippen LogP contribution in [0.2, 0.25) is 0 Å². The van der Waals surface area contributed by atoms with Crippen LogP contribution in [0.15, 0.2) is 42.6 Å². The van der Waals surface area contributed by atoms with E-state index in [0.717, 1.165) is 30.7 Å². The molecule has 24 heavy (non-hydrogen) atoms. The lowest BCUT2D eigenvalue weighted by Crippen LogP contribution is -1.99. The van der Waals surface area contributed by atoms with Gasteiger partial charge in [0.05, 0.1) is 23.2 Å². The Kier molecular flexibility index (Phi) is 4.79. The molecule has 124 valence electrons. The number of ether oxygens (including phenoxy) is 1. The van der Waals surface area contributed by atoms with E-state index in [0.29, 0.717) is 17.6 Å². The van der Waals surface area contributed by atoms with Gasteiger partial charge in [0.1, 0.15) is 5.75 Å². The lowest BCUT2D eigenvalue weighted by atomic mass is 10.2. The molecule has 2 aromatic heterocycles. The van der Waals surface area contributed by atoms with E-state index in [1.807, 2.05) is 37.3 Å². The van der Waals surface area contributed by atoms with Crippen LogP contribution in [0.4, 0.5) is 0 Å². The van der Waals surface area contributed by atoms with Gasteiger partial charge in [-0.1, -0.05) is 12.1 Å². The van der Waals surface area contributed by atoms with E-state index in [9.17, 15) is 9.90 Å². The van der Waals surface area contributed by atoms with Crippen LogP contribution in [0.25, 0.3) is 11.0 Å². The van der Waals surface area contributed by atoms with Crippen molar-refractivity contribution in [2.45, 2.75) is 26.2 Å². The standard InChI is InChI=1S/C19H20N2O3/c1-13-5-4-7-15(11-13)24-10-3-2-6-14-12-17-18(21-14)16(19(22)23)8-9-20-17/h4-5,7-9,11-12,21H,2-3,6,10H2,1H3,(H,22,23). The number of pyridine rings is 1. The minimum atomic E-state index is -0.942. The van der Waals surface area contributed by atoms with E-state index in [1.54, 1.807) is 0 Å². The highest BCUT2D eigenvalue weighted by Gasteiger charge is 2.11. The number of aromatic carboxylic acids is 1. The van der Waals surface area contributed by atoms with Gasteiger partial charge in [-0.15, -0.1) is 0 Å². The number of fused-ring (bicyclic) bond motifs is 1. The van der Waals surface area contributed by atoms with Gasteiger partial charge in [-0.3, -0.25) is 4.98 Å². The van der Waals surface area contributed by atoms with Gasteiger partial charge in [0, 0.05) is 11.9 Å². The van der Waals surface area contributed by atoms with Crippen LogP contribution < -0.4 is 4.74 Å². The van der Waals surface area contributed by atoms with Crippen molar-refractivity contribution in [2.24, 2.45) is 0 Å². The maximum atomic E-state index is 11.2. The normalized spacial score (nSPS) is 10.9. The Morgan fingerprint density at radius 2 is 2.12 bits per heavy atom. The molecule has 5 heteroatoms. The van der Waals surface area contributed by atoms with Gasteiger partial charge < -0.3 is 14.8 Å². The first-order chi connectivity index (χ1) is 11.6. The summed E-state index contributed by atoms with van der Waals surface area (Å²) < 4.78 is 5.73. The van der Waals surface area contributed by atoms with Gasteiger partial charge in [0.2, 0.25) is 0 Å². The number of carboxylic acid groups (broad SMARTS) is 1. The summed E-state index contributed by atoms with van der Waals surface area (Å²) in [5, 5.41) is 9.20. The highest BCUT2D eigenvalue weighted by atomic mass is 16.5. The Bertz CT molecular complexity index is 855. The van der Waals surface area contributed by atoms with Crippen LogP contribution in [0.5, 0.6) is 5.75 Å². The molecular formula is C19H20N2O3. The molecule has 5 nitrogen and oxygen atoms in total. The number of carboxylic acids is 1. The fourth-order valence-corrected chi connectivity index (χ4v) is 2.71. The van der Waals surface area contributed by atoms with Crippen LogP contribution in [-0.2, 0) is 6.42 Å². The van der Waals surface area contributed by atoms with E-state index >= 15 is 0 Å². The molecule has 0 atom stereocenters. The van der Waals surface area contributed by atoms with Gasteiger partial charge in [0.25, 0.3) is 0 Å². The lowest BCUT2D eigenvalue weighted by Gasteiger charge is -2.06. The smallest absolute Gasteiger partial charge is 0.337 e. The van der Waals surface area contributed by atoms with Crippen molar-refractivity contribution in [1.82, 2.24) is 9.97 Å². The van der Waals surface area contributed by atoms with E-state index in [2.05, 4.69) is 9.97 Å². The van der Waals surface area contributed by atoms with Crippen LogP contribution in [-0.4, -0.2) is 27.7 Å². The maximum absolute atomic E-state index is 11.2. The number of rotatable bonds is 7. The zero-order valence-corrected chi connectivity index (χ0v) is 13.6. The summed E-state index contributed by atoms with van der Waals surface area (Å²) in [6.45, 7) is 2.71. The van der Waals surface area contributed by atoms with Crippen molar-refractivity contribution < 1.29 is 14.6 Å².